The Kier molecular flexibility index (Phi) is 7.97. The fraction of sp³-hybridized carbons (Fsp3) is 0.696. The Balaban J connectivity index is 2.11. The molecule has 1 N–H and O–H groups in total. The molecule has 1 aliphatic rings. The number of hydrogen-bond acceptors (Lipinski definition) is 4. The number of sulfonamides is 1. The first-order valence-corrected chi connectivity index (χ1v) is 12.3. The van der Waals surface area contributed by atoms with E-state index in [0.29, 0.717) is 25.3 Å². The number of benzene rings is 1. The molecule has 2 rings (SSSR count). The van der Waals surface area contributed by atoms with Crippen LogP contribution in [0.2, 0.25) is 0 Å². The van der Waals surface area contributed by atoms with Gasteiger partial charge in [-0.15, -0.1) is 0 Å². The third kappa shape index (κ3) is 6.98. The first-order valence-electron chi connectivity index (χ1n) is 10.8. The molecule has 1 fully saturated rings. The minimum atomic E-state index is -3.52. The maximum absolute atomic E-state index is 13.0. The van der Waals surface area contributed by atoms with E-state index in [2.05, 4.69) is 26.1 Å². The first kappa shape index (κ1) is 24.7. The molecule has 0 saturated carbocycles. The maximum atomic E-state index is 13.0. The summed E-state index contributed by atoms with van der Waals surface area (Å²) in [5.74, 6) is 0.560. The van der Waals surface area contributed by atoms with Crippen LogP contribution in [0.4, 0.5) is 0 Å². The van der Waals surface area contributed by atoms with Crippen LogP contribution in [0.15, 0.2) is 23.1 Å². The number of amides is 1. The zero-order valence-corrected chi connectivity index (χ0v) is 20.2. The Labute approximate surface area is 182 Å². The summed E-state index contributed by atoms with van der Waals surface area (Å²) in [5.41, 5.74) is 0.537. The van der Waals surface area contributed by atoms with E-state index in [1.165, 1.54) is 0 Å². The SMILES string of the molecule is COc1ccc(S(=O)(=O)N2CCCCC2)cc1CCC(=O)NC(C)(C)CC(C)(C)C. The predicted molar refractivity (Wildman–Crippen MR) is 120 cm³/mol. The molecule has 1 heterocycles. The third-order valence-electron chi connectivity index (χ3n) is 5.28. The van der Waals surface area contributed by atoms with Gasteiger partial charge in [0, 0.05) is 25.0 Å². The minimum Gasteiger partial charge on any atom is -0.496 e. The van der Waals surface area contributed by atoms with Crippen molar-refractivity contribution in [3.8, 4) is 5.75 Å². The lowest BCUT2D eigenvalue weighted by molar-refractivity contribution is -0.122. The van der Waals surface area contributed by atoms with Gasteiger partial charge in [0.05, 0.1) is 12.0 Å². The molecule has 0 bridgehead atoms. The van der Waals surface area contributed by atoms with Crippen molar-refractivity contribution in [3.05, 3.63) is 23.8 Å². The number of hydrogen-bond donors (Lipinski definition) is 1. The molecule has 0 spiro atoms. The molecule has 1 saturated heterocycles. The van der Waals surface area contributed by atoms with E-state index in [1.807, 2.05) is 13.8 Å². The summed E-state index contributed by atoms with van der Waals surface area (Å²) in [5, 5.41) is 3.11. The molecular weight excluding hydrogens is 400 g/mol. The second-order valence-corrected chi connectivity index (χ2v) is 12.0. The molecule has 1 amide bonds. The van der Waals surface area contributed by atoms with Gasteiger partial charge in [0.15, 0.2) is 0 Å². The number of carbonyl (C=O) groups is 1. The molecule has 0 radical (unpaired) electrons. The summed E-state index contributed by atoms with van der Waals surface area (Å²) >= 11 is 0. The van der Waals surface area contributed by atoms with Crippen molar-refractivity contribution in [2.45, 2.75) is 83.6 Å². The molecule has 6 nitrogen and oxygen atoms in total. The molecule has 0 aliphatic carbocycles. The molecule has 1 aliphatic heterocycles. The zero-order chi connectivity index (χ0) is 22.6. The molecule has 170 valence electrons. The second-order valence-electron chi connectivity index (χ2n) is 10.1. The summed E-state index contributed by atoms with van der Waals surface area (Å²) in [6.45, 7) is 11.6. The van der Waals surface area contributed by atoms with Gasteiger partial charge in [-0.1, -0.05) is 27.2 Å². The van der Waals surface area contributed by atoms with Gasteiger partial charge < -0.3 is 10.1 Å². The van der Waals surface area contributed by atoms with Crippen molar-refractivity contribution in [1.29, 1.82) is 0 Å². The standard InChI is InChI=1S/C23H38N2O4S/c1-22(2,3)17-23(4,5)24-21(26)13-10-18-16-19(11-12-20(18)29-6)30(27,28)25-14-8-7-9-15-25/h11-12,16H,7-10,13-15,17H2,1-6H3,(H,24,26). The van der Waals surface area contributed by atoms with Crippen LogP contribution in [0.3, 0.4) is 0 Å². The number of methoxy groups -OCH3 is 1. The lowest BCUT2D eigenvalue weighted by Gasteiger charge is -2.33. The summed E-state index contributed by atoms with van der Waals surface area (Å²) in [4.78, 5) is 12.8. The highest BCUT2D eigenvalue weighted by Gasteiger charge is 2.28. The number of aryl methyl sites for hydroxylation is 1. The van der Waals surface area contributed by atoms with Gasteiger partial charge in [-0.2, -0.15) is 4.31 Å². The van der Waals surface area contributed by atoms with E-state index in [0.717, 1.165) is 31.2 Å². The highest BCUT2D eigenvalue weighted by atomic mass is 32.2. The van der Waals surface area contributed by atoms with E-state index in [9.17, 15) is 13.2 Å². The highest BCUT2D eigenvalue weighted by molar-refractivity contribution is 7.89. The van der Waals surface area contributed by atoms with Crippen molar-refractivity contribution in [3.63, 3.8) is 0 Å². The molecule has 1 aromatic carbocycles. The summed E-state index contributed by atoms with van der Waals surface area (Å²) in [6.07, 6.45) is 4.42. The molecule has 1 aromatic rings. The van der Waals surface area contributed by atoms with Crippen LogP contribution in [0.25, 0.3) is 0 Å². The van der Waals surface area contributed by atoms with Crippen LogP contribution in [0, 0.1) is 5.41 Å². The lowest BCUT2D eigenvalue weighted by Crippen LogP contribution is -2.45. The lowest BCUT2D eigenvalue weighted by atomic mass is 9.81. The first-order chi connectivity index (χ1) is 13.8. The third-order valence-corrected chi connectivity index (χ3v) is 7.17. The maximum Gasteiger partial charge on any atom is 0.243 e. The fourth-order valence-electron chi connectivity index (χ4n) is 4.42. The van der Waals surface area contributed by atoms with Crippen molar-refractivity contribution in [2.24, 2.45) is 5.41 Å². The quantitative estimate of drug-likeness (QED) is 0.662. The van der Waals surface area contributed by atoms with Gasteiger partial charge in [0.1, 0.15) is 5.75 Å². The van der Waals surface area contributed by atoms with E-state index < -0.39 is 10.0 Å². The molecule has 7 heteroatoms. The van der Waals surface area contributed by atoms with Gasteiger partial charge >= 0.3 is 0 Å². The average Bonchev–Trinajstić information content (AvgIpc) is 2.64. The molecular formula is C23H38N2O4S. The molecule has 0 unspecified atom stereocenters. The van der Waals surface area contributed by atoms with Crippen molar-refractivity contribution < 1.29 is 17.9 Å². The van der Waals surface area contributed by atoms with Gasteiger partial charge in [0.2, 0.25) is 15.9 Å². The fourth-order valence-corrected chi connectivity index (χ4v) is 5.99. The average molecular weight is 439 g/mol. The summed E-state index contributed by atoms with van der Waals surface area (Å²) in [7, 11) is -1.96. The van der Waals surface area contributed by atoms with Gasteiger partial charge in [-0.05, 0) is 68.7 Å². The number of rotatable bonds is 8. The Morgan fingerprint density at radius 2 is 1.73 bits per heavy atom. The monoisotopic (exact) mass is 438 g/mol. The van der Waals surface area contributed by atoms with Crippen LogP contribution in [0.5, 0.6) is 5.75 Å². The number of nitrogens with zero attached hydrogens (tertiary/aromatic N) is 1. The largest absolute Gasteiger partial charge is 0.496 e. The van der Waals surface area contributed by atoms with Crippen LogP contribution in [-0.2, 0) is 21.2 Å². The van der Waals surface area contributed by atoms with E-state index in [-0.39, 0.29) is 28.2 Å². The van der Waals surface area contributed by atoms with Crippen molar-refractivity contribution >= 4 is 15.9 Å². The Morgan fingerprint density at radius 1 is 1.10 bits per heavy atom. The van der Waals surface area contributed by atoms with Gasteiger partial charge in [0.25, 0.3) is 0 Å². The van der Waals surface area contributed by atoms with E-state index in [1.54, 1.807) is 29.6 Å². The normalized spacial score (nSPS) is 16.3. The number of nitrogens with one attached hydrogen (secondary N) is 1. The van der Waals surface area contributed by atoms with Crippen LogP contribution in [-0.4, -0.2) is 44.4 Å². The molecule has 30 heavy (non-hydrogen) atoms. The highest BCUT2D eigenvalue weighted by Crippen LogP contribution is 2.28. The molecule has 0 aromatic heterocycles. The van der Waals surface area contributed by atoms with Crippen LogP contribution < -0.4 is 10.1 Å². The number of piperidine rings is 1. The minimum absolute atomic E-state index is 0.0457. The van der Waals surface area contributed by atoms with E-state index in [4.69, 9.17) is 4.74 Å². The van der Waals surface area contributed by atoms with Gasteiger partial charge in [-0.3, -0.25) is 4.79 Å². The Morgan fingerprint density at radius 3 is 2.30 bits per heavy atom. The van der Waals surface area contributed by atoms with E-state index >= 15 is 0 Å². The van der Waals surface area contributed by atoms with Crippen LogP contribution in [0.1, 0.15) is 72.3 Å². The number of ether oxygens (including phenoxy) is 1. The zero-order valence-electron chi connectivity index (χ0n) is 19.4. The summed E-state index contributed by atoms with van der Waals surface area (Å²) < 4.78 is 33.0. The number of carbonyl (C=O) groups excluding carboxylic acids is 1. The topological polar surface area (TPSA) is 75.7 Å². The van der Waals surface area contributed by atoms with Gasteiger partial charge in [-0.25, -0.2) is 8.42 Å². The molecule has 0 atom stereocenters. The van der Waals surface area contributed by atoms with Crippen molar-refractivity contribution in [2.75, 3.05) is 20.2 Å². The predicted octanol–water partition coefficient (Wildman–Crippen LogP) is 4.13. The smallest absolute Gasteiger partial charge is 0.243 e. The van der Waals surface area contributed by atoms with Crippen molar-refractivity contribution in [1.82, 2.24) is 9.62 Å². The Hall–Kier alpha value is -1.60. The second kappa shape index (κ2) is 9.69. The summed E-state index contributed by atoms with van der Waals surface area (Å²) in [6, 6.07) is 4.95. The Bertz CT molecular complexity index is 835. The van der Waals surface area contributed by atoms with Crippen LogP contribution >= 0.6 is 0 Å².